The van der Waals surface area contributed by atoms with Gasteiger partial charge in [0.15, 0.2) is 6.29 Å². The van der Waals surface area contributed by atoms with Gasteiger partial charge in [-0.05, 0) is 50.9 Å². The smallest absolute Gasteiger partial charge is 0.156 e. The van der Waals surface area contributed by atoms with Gasteiger partial charge in [0, 0.05) is 6.04 Å². The van der Waals surface area contributed by atoms with Crippen LogP contribution in [-0.2, 0) is 0 Å². The topological polar surface area (TPSA) is 54.9 Å². The first-order valence-electron chi connectivity index (χ1n) is 7.34. The number of aromatic nitrogens is 2. The van der Waals surface area contributed by atoms with Crippen molar-refractivity contribution in [1.29, 1.82) is 0 Å². The van der Waals surface area contributed by atoms with E-state index in [0.717, 1.165) is 18.1 Å². The number of fused-ring (bicyclic) bond motifs is 2. The van der Waals surface area contributed by atoms with Gasteiger partial charge in [-0.15, -0.1) is 0 Å². The van der Waals surface area contributed by atoms with E-state index >= 15 is 0 Å². The molecule has 4 nitrogen and oxygen atoms in total. The van der Waals surface area contributed by atoms with E-state index in [4.69, 9.17) is 11.6 Å². The molecular weight excluding hydrogens is 274 g/mol. The first-order valence-corrected chi connectivity index (χ1v) is 7.72. The van der Waals surface area contributed by atoms with Crippen LogP contribution in [0.25, 0.3) is 0 Å². The van der Waals surface area contributed by atoms with Crippen molar-refractivity contribution in [3.05, 3.63) is 16.5 Å². The van der Waals surface area contributed by atoms with Gasteiger partial charge in [-0.3, -0.25) is 4.79 Å². The molecule has 1 heterocycles. The predicted octanol–water partition coefficient (Wildman–Crippen LogP) is 3.49. The molecule has 2 aliphatic carbocycles. The number of rotatable bonds is 4. The van der Waals surface area contributed by atoms with Gasteiger partial charge in [0.05, 0.1) is 5.56 Å². The molecular formula is C15H20ClN3O. The van der Waals surface area contributed by atoms with Crippen molar-refractivity contribution < 1.29 is 4.79 Å². The quantitative estimate of drug-likeness (QED) is 0.682. The average Bonchev–Trinajstić information content (AvgIpc) is 3.00. The summed E-state index contributed by atoms with van der Waals surface area (Å²) in [7, 11) is 0. The van der Waals surface area contributed by atoms with Crippen molar-refractivity contribution in [2.75, 3.05) is 5.32 Å². The van der Waals surface area contributed by atoms with E-state index in [2.05, 4.69) is 22.2 Å². The molecule has 108 valence electrons. The highest BCUT2D eigenvalue weighted by atomic mass is 35.5. The molecule has 0 amide bonds. The summed E-state index contributed by atoms with van der Waals surface area (Å²) >= 11 is 6.02. The monoisotopic (exact) mass is 293 g/mol. The summed E-state index contributed by atoms with van der Waals surface area (Å²) in [5.74, 6) is 3.59. The Morgan fingerprint density at radius 3 is 2.75 bits per heavy atom. The van der Waals surface area contributed by atoms with Gasteiger partial charge in [0.1, 0.15) is 16.8 Å². The van der Waals surface area contributed by atoms with Crippen LogP contribution in [-0.4, -0.2) is 22.3 Å². The highest BCUT2D eigenvalue weighted by Crippen LogP contribution is 2.49. The summed E-state index contributed by atoms with van der Waals surface area (Å²) in [5.41, 5.74) is 0.368. The van der Waals surface area contributed by atoms with Crippen LogP contribution in [0, 0.1) is 24.7 Å². The Balaban J connectivity index is 1.79. The first-order chi connectivity index (χ1) is 9.58. The number of halogens is 1. The van der Waals surface area contributed by atoms with Crippen LogP contribution >= 0.6 is 11.6 Å². The summed E-state index contributed by atoms with van der Waals surface area (Å²) < 4.78 is 0. The van der Waals surface area contributed by atoms with Crippen LogP contribution < -0.4 is 5.32 Å². The van der Waals surface area contributed by atoms with E-state index < -0.39 is 0 Å². The summed E-state index contributed by atoms with van der Waals surface area (Å²) in [5, 5.41) is 3.63. The molecule has 0 radical (unpaired) electrons. The summed E-state index contributed by atoms with van der Waals surface area (Å²) in [4.78, 5) is 19.6. The standard InChI is InChI=1S/C15H20ClN3O/c1-8(12-6-10-3-4-11(12)5-10)17-15-13(7-20)14(16)18-9(2)19-15/h7-8,10-12H,3-6H2,1-2H3,(H,17,18,19). The molecule has 2 bridgehead atoms. The number of aldehydes is 1. The molecule has 0 aromatic carbocycles. The number of carbonyl (C=O) groups is 1. The second-order valence-corrected chi connectivity index (χ2v) is 6.57. The average molecular weight is 294 g/mol. The van der Waals surface area contributed by atoms with Crippen molar-refractivity contribution in [3.63, 3.8) is 0 Å². The lowest BCUT2D eigenvalue weighted by molar-refractivity contribution is 0.112. The van der Waals surface area contributed by atoms with Crippen molar-refractivity contribution in [2.45, 2.75) is 45.6 Å². The summed E-state index contributed by atoms with van der Waals surface area (Å²) in [6, 6.07) is 0.314. The number of aryl methyl sites for hydroxylation is 1. The van der Waals surface area contributed by atoms with Crippen molar-refractivity contribution in [2.24, 2.45) is 17.8 Å². The molecule has 1 aromatic rings. The van der Waals surface area contributed by atoms with Gasteiger partial charge >= 0.3 is 0 Å². The third-order valence-electron chi connectivity index (χ3n) is 4.93. The number of hydrogen-bond donors (Lipinski definition) is 1. The Morgan fingerprint density at radius 1 is 1.35 bits per heavy atom. The molecule has 4 atom stereocenters. The Kier molecular flexibility index (Phi) is 3.67. The van der Waals surface area contributed by atoms with E-state index in [1.165, 1.54) is 25.7 Å². The van der Waals surface area contributed by atoms with Gasteiger partial charge in [0.25, 0.3) is 0 Å². The van der Waals surface area contributed by atoms with E-state index in [0.29, 0.717) is 29.2 Å². The molecule has 0 saturated heterocycles. The van der Waals surface area contributed by atoms with Crippen LogP contribution in [0.1, 0.15) is 48.8 Å². The molecule has 2 saturated carbocycles. The number of nitrogens with one attached hydrogen (secondary N) is 1. The number of hydrogen-bond acceptors (Lipinski definition) is 4. The van der Waals surface area contributed by atoms with Crippen LogP contribution in [0.15, 0.2) is 0 Å². The Labute approximate surface area is 124 Å². The minimum absolute atomic E-state index is 0.232. The fraction of sp³-hybridized carbons (Fsp3) is 0.667. The first kappa shape index (κ1) is 13.8. The molecule has 4 unspecified atom stereocenters. The zero-order valence-electron chi connectivity index (χ0n) is 11.9. The number of nitrogens with zero attached hydrogens (tertiary/aromatic N) is 2. The Hall–Kier alpha value is -1.16. The van der Waals surface area contributed by atoms with Crippen molar-refractivity contribution in [3.8, 4) is 0 Å². The minimum Gasteiger partial charge on any atom is -0.367 e. The molecule has 1 aromatic heterocycles. The van der Waals surface area contributed by atoms with Gasteiger partial charge in [-0.1, -0.05) is 18.0 Å². The lowest BCUT2D eigenvalue weighted by Gasteiger charge is -2.29. The maximum absolute atomic E-state index is 11.2. The number of carbonyl (C=O) groups excluding carboxylic acids is 1. The molecule has 20 heavy (non-hydrogen) atoms. The van der Waals surface area contributed by atoms with E-state index in [1.807, 2.05) is 0 Å². The summed E-state index contributed by atoms with van der Waals surface area (Å²) in [6.07, 6.45) is 6.16. The number of anilines is 1. The molecule has 1 N–H and O–H groups in total. The molecule has 0 aliphatic heterocycles. The predicted molar refractivity (Wildman–Crippen MR) is 79.2 cm³/mol. The van der Waals surface area contributed by atoms with Crippen LogP contribution in [0.2, 0.25) is 5.15 Å². The van der Waals surface area contributed by atoms with Gasteiger partial charge < -0.3 is 5.32 Å². The highest BCUT2D eigenvalue weighted by Gasteiger charge is 2.42. The van der Waals surface area contributed by atoms with Crippen LogP contribution in [0.4, 0.5) is 5.82 Å². The van der Waals surface area contributed by atoms with Gasteiger partial charge in [-0.25, -0.2) is 9.97 Å². The second-order valence-electron chi connectivity index (χ2n) is 6.21. The third-order valence-corrected chi connectivity index (χ3v) is 5.22. The van der Waals surface area contributed by atoms with Crippen LogP contribution in [0.3, 0.4) is 0 Å². The van der Waals surface area contributed by atoms with E-state index in [-0.39, 0.29) is 5.15 Å². The van der Waals surface area contributed by atoms with Gasteiger partial charge in [0.2, 0.25) is 0 Å². The zero-order chi connectivity index (χ0) is 14.3. The van der Waals surface area contributed by atoms with E-state index in [1.54, 1.807) is 6.92 Å². The molecule has 0 spiro atoms. The highest BCUT2D eigenvalue weighted by molar-refractivity contribution is 6.32. The maximum atomic E-state index is 11.2. The zero-order valence-corrected chi connectivity index (χ0v) is 12.7. The molecule has 3 rings (SSSR count). The van der Waals surface area contributed by atoms with E-state index in [9.17, 15) is 4.79 Å². The SMILES string of the molecule is Cc1nc(Cl)c(C=O)c(NC(C)C2CC3CCC2C3)n1. The Morgan fingerprint density at radius 2 is 2.15 bits per heavy atom. The van der Waals surface area contributed by atoms with Crippen LogP contribution in [0.5, 0.6) is 0 Å². The molecule has 2 aliphatic rings. The fourth-order valence-corrected chi connectivity index (χ4v) is 4.25. The normalized spacial score (nSPS) is 29.4. The third kappa shape index (κ3) is 2.41. The molecule has 2 fully saturated rings. The fourth-order valence-electron chi connectivity index (χ4n) is 3.99. The maximum Gasteiger partial charge on any atom is 0.156 e. The van der Waals surface area contributed by atoms with Gasteiger partial charge in [-0.2, -0.15) is 0 Å². The lowest BCUT2D eigenvalue weighted by Crippen LogP contribution is -2.31. The lowest BCUT2D eigenvalue weighted by atomic mass is 9.84. The Bertz CT molecular complexity index is 534. The minimum atomic E-state index is 0.232. The van der Waals surface area contributed by atoms with Crippen molar-refractivity contribution >= 4 is 23.7 Å². The summed E-state index contributed by atoms with van der Waals surface area (Å²) in [6.45, 7) is 3.97. The largest absolute Gasteiger partial charge is 0.367 e. The second kappa shape index (κ2) is 5.32. The van der Waals surface area contributed by atoms with Crippen molar-refractivity contribution in [1.82, 2.24) is 9.97 Å². The molecule has 5 heteroatoms.